The molecular weight excluding hydrogens is 302 g/mol. The lowest BCUT2D eigenvalue weighted by molar-refractivity contribution is 0.0645. The number of aromatic nitrogens is 1. The number of hydrogen-bond acceptors (Lipinski definition) is 4. The molecular formula is C16H28ClN3O2. The molecule has 0 saturated carbocycles. The molecule has 1 aromatic rings. The van der Waals surface area contributed by atoms with Crippen molar-refractivity contribution in [3.05, 3.63) is 17.5 Å². The van der Waals surface area contributed by atoms with Crippen LogP contribution in [0.5, 0.6) is 0 Å². The summed E-state index contributed by atoms with van der Waals surface area (Å²) in [5.41, 5.74) is 0.879. The lowest BCUT2D eigenvalue weighted by Crippen LogP contribution is -2.38. The van der Waals surface area contributed by atoms with Crippen LogP contribution in [0.25, 0.3) is 0 Å². The zero-order valence-electron chi connectivity index (χ0n) is 13.8. The number of carbonyl (C=O) groups excluding carboxylic acids is 1. The molecule has 0 radical (unpaired) electrons. The fourth-order valence-electron chi connectivity index (χ4n) is 2.76. The third kappa shape index (κ3) is 4.71. The molecule has 1 aliphatic heterocycles. The van der Waals surface area contributed by atoms with Crippen LogP contribution in [0, 0.1) is 5.92 Å². The maximum atomic E-state index is 12.4. The molecule has 0 aliphatic carbocycles. The van der Waals surface area contributed by atoms with Crippen molar-refractivity contribution in [2.45, 2.75) is 45.4 Å². The standard InChI is InChI=1S/C16H27N3O2.ClH/c1-4-12(2)14-11-15(21-18-14)16(20)19-9-6-13(7-10-19)5-8-17-3;/h11-13,17H,4-10H2,1-3H3;1H. The van der Waals surface area contributed by atoms with Gasteiger partial charge in [0.1, 0.15) is 0 Å². The number of likely N-dealkylation sites (tertiary alicyclic amines) is 1. The molecule has 6 heteroatoms. The molecule has 1 fully saturated rings. The highest BCUT2D eigenvalue weighted by Crippen LogP contribution is 2.23. The van der Waals surface area contributed by atoms with E-state index in [1.54, 1.807) is 0 Å². The van der Waals surface area contributed by atoms with Gasteiger partial charge in [0, 0.05) is 25.1 Å². The molecule has 1 atom stereocenters. The second kappa shape index (κ2) is 9.16. The SMILES string of the molecule is CCC(C)c1cc(C(=O)N2CCC(CCNC)CC2)on1.Cl. The minimum absolute atomic E-state index is 0. The Balaban J connectivity index is 0.00000242. The molecule has 1 amide bonds. The van der Waals surface area contributed by atoms with Crippen LogP contribution in [-0.4, -0.2) is 42.6 Å². The van der Waals surface area contributed by atoms with Gasteiger partial charge in [0.15, 0.2) is 0 Å². The van der Waals surface area contributed by atoms with Crippen LogP contribution in [0.1, 0.15) is 61.7 Å². The summed E-state index contributed by atoms with van der Waals surface area (Å²) in [4.78, 5) is 14.3. The quantitative estimate of drug-likeness (QED) is 0.871. The van der Waals surface area contributed by atoms with Crippen molar-refractivity contribution < 1.29 is 9.32 Å². The monoisotopic (exact) mass is 329 g/mol. The highest BCUT2D eigenvalue weighted by atomic mass is 35.5. The Morgan fingerprint density at radius 3 is 2.77 bits per heavy atom. The molecule has 2 rings (SSSR count). The normalized spacial score (nSPS) is 17.1. The summed E-state index contributed by atoms with van der Waals surface area (Å²) in [6, 6.07) is 1.81. The van der Waals surface area contributed by atoms with Crippen LogP contribution in [0.3, 0.4) is 0 Å². The molecule has 1 aromatic heterocycles. The van der Waals surface area contributed by atoms with Crippen molar-refractivity contribution in [1.29, 1.82) is 0 Å². The summed E-state index contributed by atoms with van der Waals surface area (Å²) >= 11 is 0. The first-order valence-corrected chi connectivity index (χ1v) is 8.06. The first-order valence-electron chi connectivity index (χ1n) is 8.06. The van der Waals surface area contributed by atoms with E-state index < -0.39 is 0 Å². The molecule has 5 nitrogen and oxygen atoms in total. The number of carbonyl (C=O) groups is 1. The molecule has 1 N–H and O–H groups in total. The van der Waals surface area contributed by atoms with Gasteiger partial charge in [0.2, 0.25) is 5.76 Å². The first-order chi connectivity index (χ1) is 10.2. The molecule has 126 valence electrons. The van der Waals surface area contributed by atoms with Crippen LogP contribution in [0.4, 0.5) is 0 Å². The van der Waals surface area contributed by atoms with E-state index in [2.05, 4.69) is 24.3 Å². The zero-order valence-corrected chi connectivity index (χ0v) is 14.6. The Hall–Kier alpha value is -1.07. The Labute approximate surface area is 139 Å². The first kappa shape index (κ1) is 19.0. The van der Waals surface area contributed by atoms with E-state index in [-0.39, 0.29) is 18.3 Å². The molecule has 1 unspecified atom stereocenters. The maximum Gasteiger partial charge on any atom is 0.292 e. The van der Waals surface area contributed by atoms with Crippen molar-refractivity contribution in [3.8, 4) is 0 Å². The van der Waals surface area contributed by atoms with Gasteiger partial charge in [-0.05, 0) is 45.2 Å². The third-order valence-electron chi connectivity index (χ3n) is 4.56. The van der Waals surface area contributed by atoms with Gasteiger partial charge in [-0.2, -0.15) is 0 Å². The van der Waals surface area contributed by atoms with Crippen LogP contribution in [0.15, 0.2) is 10.6 Å². The average Bonchev–Trinajstić information content (AvgIpc) is 3.02. The molecule has 2 heterocycles. The predicted molar refractivity (Wildman–Crippen MR) is 89.6 cm³/mol. The topological polar surface area (TPSA) is 58.4 Å². The van der Waals surface area contributed by atoms with Crippen molar-refractivity contribution in [2.75, 3.05) is 26.7 Å². The smallest absolute Gasteiger partial charge is 0.292 e. The zero-order chi connectivity index (χ0) is 15.2. The van der Waals surface area contributed by atoms with Gasteiger partial charge in [0.25, 0.3) is 5.91 Å². The minimum Gasteiger partial charge on any atom is -0.351 e. The summed E-state index contributed by atoms with van der Waals surface area (Å²) < 4.78 is 5.24. The number of halogens is 1. The van der Waals surface area contributed by atoms with E-state index in [0.717, 1.165) is 50.5 Å². The molecule has 0 bridgehead atoms. The van der Waals surface area contributed by atoms with Crippen LogP contribution >= 0.6 is 12.4 Å². The van der Waals surface area contributed by atoms with E-state index in [1.165, 1.54) is 6.42 Å². The molecule has 0 spiro atoms. The number of nitrogens with zero attached hydrogens (tertiary/aromatic N) is 2. The Kier molecular flexibility index (Phi) is 7.90. The van der Waals surface area contributed by atoms with Gasteiger partial charge in [0.05, 0.1) is 5.69 Å². The second-order valence-corrected chi connectivity index (χ2v) is 6.05. The number of nitrogens with one attached hydrogen (secondary N) is 1. The molecule has 0 aromatic carbocycles. The van der Waals surface area contributed by atoms with Gasteiger partial charge in [-0.3, -0.25) is 4.79 Å². The van der Waals surface area contributed by atoms with Crippen LogP contribution in [-0.2, 0) is 0 Å². The Bertz CT molecular complexity index is 456. The van der Waals surface area contributed by atoms with E-state index >= 15 is 0 Å². The van der Waals surface area contributed by atoms with Crippen molar-refractivity contribution in [3.63, 3.8) is 0 Å². The second-order valence-electron chi connectivity index (χ2n) is 6.05. The summed E-state index contributed by atoms with van der Waals surface area (Å²) in [5.74, 6) is 1.44. The minimum atomic E-state index is -0.0101. The summed E-state index contributed by atoms with van der Waals surface area (Å²) in [5, 5.41) is 7.22. The van der Waals surface area contributed by atoms with Gasteiger partial charge in [-0.1, -0.05) is 19.0 Å². The van der Waals surface area contributed by atoms with Gasteiger partial charge in [-0.25, -0.2) is 0 Å². The molecule has 1 aliphatic rings. The van der Waals surface area contributed by atoms with Crippen LogP contribution < -0.4 is 5.32 Å². The Morgan fingerprint density at radius 2 is 2.18 bits per heavy atom. The summed E-state index contributed by atoms with van der Waals surface area (Å²) in [6.45, 7) is 6.91. The number of hydrogen-bond donors (Lipinski definition) is 1. The van der Waals surface area contributed by atoms with Gasteiger partial charge >= 0.3 is 0 Å². The van der Waals surface area contributed by atoms with Crippen molar-refractivity contribution in [1.82, 2.24) is 15.4 Å². The molecule has 22 heavy (non-hydrogen) atoms. The fraction of sp³-hybridized carbons (Fsp3) is 0.750. The fourth-order valence-corrected chi connectivity index (χ4v) is 2.76. The highest BCUT2D eigenvalue weighted by molar-refractivity contribution is 5.91. The lowest BCUT2D eigenvalue weighted by atomic mass is 9.93. The van der Waals surface area contributed by atoms with E-state index in [9.17, 15) is 4.79 Å². The largest absolute Gasteiger partial charge is 0.351 e. The van der Waals surface area contributed by atoms with E-state index in [1.807, 2.05) is 18.0 Å². The summed E-state index contributed by atoms with van der Waals surface area (Å²) in [6.07, 6.45) is 4.36. The lowest BCUT2D eigenvalue weighted by Gasteiger charge is -2.31. The average molecular weight is 330 g/mol. The number of piperidine rings is 1. The van der Waals surface area contributed by atoms with E-state index in [4.69, 9.17) is 4.52 Å². The van der Waals surface area contributed by atoms with Crippen molar-refractivity contribution >= 4 is 18.3 Å². The third-order valence-corrected chi connectivity index (χ3v) is 4.56. The maximum absolute atomic E-state index is 12.4. The van der Waals surface area contributed by atoms with Gasteiger partial charge in [-0.15, -0.1) is 12.4 Å². The molecule has 1 saturated heterocycles. The number of amides is 1. The number of rotatable bonds is 6. The van der Waals surface area contributed by atoms with Crippen LogP contribution in [0.2, 0.25) is 0 Å². The van der Waals surface area contributed by atoms with Gasteiger partial charge < -0.3 is 14.7 Å². The Morgan fingerprint density at radius 1 is 1.50 bits per heavy atom. The predicted octanol–water partition coefficient (Wildman–Crippen LogP) is 3.07. The highest BCUT2D eigenvalue weighted by Gasteiger charge is 2.26. The van der Waals surface area contributed by atoms with E-state index in [0.29, 0.717) is 11.7 Å². The van der Waals surface area contributed by atoms with Crippen molar-refractivity contribution in [2.24, 2.45) is 5.92 Å². The summed E-state index contributed by atoms with van der Waals surface area (Å²) in [7, 11) is 1.98.